The van der Waals surface area contributed by atoms with Gasteiger partial charge in [0.1, 0.15) is 5.84 Å². The highest BCUT2D eigenvalue weighted by molar-refractivity contribution is 5.88. The first-order valence-corrected chi connectivity index (χ1v) is 10.0. The number of nitro groups is 1. The maximum absolute atomic E-state index is 11.0. The zero-order valence-electron chi connectivity index (χ0n) is 16.0. The molecule has 1 aromatic carbocycles. The van der Waals surface area contributed by atoms with E-state index in [9.17, 15) is 10.1 Å². The molecule has 140 valence electrons. The molecule has 0 spiro atoms. The second kappa shape index (κ2) is 6.67. The number of hydrogen-bond acceptors (Lipinski definition) is 3. The van der Waals surface area contributed by atoms with Gasteiger partial charge in [-0.15, -0.1) is 0 Å². The Morgan fingerprint density at radius 2 is 1.88 bits per heavy atom. The molecule has 2 atom stereocenters. The van der Waals surface area contributed by atoms with Crippen LogP contribution in [-0.4, -0.2) is 28.2 Å². The summed E-state index contributed by atoms with van der Waals surface area (Å²) in [6.45, 7) is 7.56. The Labute approximate surface area is 155 Å². The number of fused-ring (bicyclic) bond motifs is 1. The van der Waals surface area contributed by atoms with Gasteiger partial charge in [0.05, 0.1) is 10.6 Å². The summed E-state index contributed by atoms with van der Waals surface area (Å²) in [4.78, 5) is 18.4. The standard InChI is InChI=1S/C21H29N3O2/c1-13(2)12-23-19-10-15-7-16(11-19)9-17(8-15)21(23)22-20-5-4-18(24(25)26)6-14(20)3/h4-6,13,15-17,19H,7-12H2,1-3H3/b22-21-. The third kappa shape index (κ3) is 3.24. The molecule has 5 heteroatoms. The van der Waals surface area contributed by atoms with Crippen molar-refractivity contribution in [1.29, 1.82) is 0 Å². The number of aliphatic imine (C=N–C) groups is 1. The molecule has 2 heterocycles. The summed E-state index contributed by atoms with van der Waals surface area (Å²) in [6.07, 6.45) is 6.58. The molecule has 2 saturated carbocycles. The van der Waals surface area contributed by atoms with Crippen LogP contribution in [0, 0.1) is 40.7 Å². The maximum Gasteiger partial charge on any atom is 0.269 e. The fourth-order valence-electron chi connectivity index (χ4n) is 5.50. The highest BCUT2D eigenvalue weighted by Gasteiger charge is 2.45. The minimum atomic E-state index is -0.332. The molecule has 2 aliphatic carbocycles. The van der Waals surface area contributed by atoms with Crippen LogP contribution in [-0.2, 0) is 0 Å². The molecule has 5 nitrogen and oxygen atoms in total. The number of rotatable bonds is 4. The molecule has 0 amide bonds. The molecular weight excluding hydrogens is 326 g/mol. The molecule has 0 aromatic heterocycles. The van der Waals surface area contributed by atoms with Crippen molar-refractivity contribution in [3.05, 3.63) is 33.9 Å². The van der Waals surface area contributed by atoms with Gasteiger partial charge in [-0.2, -0.15) is 0 Å². The van der Waals surface area contributed by atoms with Gasteiger partial charge in [-0.05, 0) is 68.4 Å². The van der Waals surface area contributed by atoms with Crippen LogP contribution in [0.5, 0.6) is 0 Å². The highest BCUT2D eigenvalue weighted by atomic mass is 16.6. The average Bonchev–Trinajstić information content (AvgIpc) is 2.71. The van der Waals surface area contributed by atoms with Crippen LogP contribution in [0.2, 0.25) is 0 Å². The number of aryl methyl sites for hydroxylation is 1. The summed E-state index contributed by atoms with van der Waals surface area (Å²) in [7, 11) is 0. The number of nitro benzene ring substituents is 1. The van der Waals surface area contributed by atoms with Crippen molar-refractivity contribution < 1.29 is 4.92 Å². The van der Waals surface area contributed by atoms with Gasteiger partial charge in [-0.3, -0.25) is 10.1 Å². The van der Waals surface area contributed by atoms with E-state index in [1.807, 2.05) is 13.0 Å². The lowest BCUT2D eigenvalue weighted by Gasteiger charge is -2.39. The number of non-ortho nitro benzene ring substituents is 1. The number of amidine groups is 1. The third-order valence-corrected chi connectivity index (χ3v) is 6.40. The molecule has 2 aliphatic heterocycles. The summed E-state index contributed by atoms with van der Waals surface area (Å²) < 4.78 is 0. The summed E-state index contributed by atoms with van der Waals surface area (Å²) in [5.41, 5.74) is 1.92. The number of benzene rings is 1. The van der Waals surface area contributed by atoms with E-state index in [1.54, 1.807) is 12.1 Å². The van der Waals surface area contributed by atoms with Gasteiger partial charge in [-0.1, -0.05) is 13.8 Å². The topological polar surface area (TPSA) is 58.7 Å². The van der Waals surface area contributed by atoms with E-state index in [0.29, 0.717) is 17.9 Å². The van der Waals surface area contributed by atoms with Crippen molar-refractivity contribution in [3.8, 4) is 0 Å². The van der Waals surface area contributed by atoms with Crippen molar-refractivity contribution in [2.75, 3.05) is 6.54 Å². The molecule has 26 heavy (non-hydrogen) atoms. The van der Waals surface area contributed by atoms with Gasteiger partial charge < -0.3 is 4.90 Å². The summed E-state index contributed by atoms with van der Waals surface area (Å²) in [5.74, 6) is 4.13. The van der Waals surface area contributed by atoms with Gasteiger partial charge in [0.2, 0.25) is 0 Å². The SMILES string of the molecule is Cc1cc([N+](=O)[O-])ccc1/N=C1/C2CC3CC(C2)CC(C3)N1CC(C)C. The molecule has 4 bridgehead atoms. The molecule has 4 aliphatic rings. The summed E-state index contributed by atoms with van der Waals surface area (Å²) in [5, 5.41) is 11.0. The average molecular weight is 355 g/mol. The minimum absolute atomic E-state index is 0.145. The monoisotopic (exact) mass is 355 g/mol. The van der Waals surface area contributed by atoms with Crippen LogP contribution < -0.4 is 0 Å². The lowest BCUT2D eigenvalue weighted by Crippen LogP contribution is -2.43. The Balaban J connectivity index is 1.74. The van der Waals surface area contributed by atoms with Crippen LogP contribution in [0.25, 0.3) is 0 Å². The first-order chi connectivity index (χ1) is 12.4. The second-order valence-corrected chi connectivity index (χ2v) is 9.01. The van der Waals surface area contributed by atoms with E-state index in [4.69, 9.17) is 4.99 Å². The summed E-state index contributed by atoms with van der Waals surface area (Å²) >= 11 is 0. The van der Waals surface area contributed by atoms with E-state index in [0.717, 1.165) is 29.6 Å². The third-order valence-electron chi connectivity index (χ3n) is 6.40. The highest BCUT2D eigenvalue weighted by Crippen LogP contribution is 2.49. The largest absolute Gasteiger partial charge is 0.357 e. The van der Waals surface area contributed by atoms with Crippen molar-refractivity contribution in [3.63, 3.8) is 0 Å². The van der Waals surface area contributed by atoms with Gasteiger partial charge in [0.25, 0.3) is 5.69 Å². The van der Waals surface area contributed by atoms with E-state index in [-0.39, 0.29) is 10.6 Å². The lowest BCUT2D eigenvalue weighted by atomic mass is 9.68. The van der Waals surface area contributed by atoms with Crippen LogP contribution in [0.4, 0.5) is 11.4 Å². The van der Waals surface area contributed by atoms with Crippen molar-refractivity contribution in [2.24, 2.45) is 28.7 Å². The quantitative estimate of drug-likeness (QED) is 0.558. The zero-order valence-corrected chi connectivity index (χ0v) is 16.0. The predicted molar refractivity (Wildman–Crippen MR) is 104 cm³/mol. The maximum atomic E-state index is 11.0. The normalized spacial score (nSPS) is 31.7. The molecule has 2 unspecified atom stereocenters. The van der Waals surface area contributed by atoms with Crippen molar-refractivity contribution in [1.82, 2.24) is 4.90 Å². The second-order valence-electron chi connectivity index (χ2n) is 9.01. The van der Waals surface area contributed by atoms with E-state index in [2.05, 4.69) is 18.7 Å². The van der Waals surface area contributed by atoms with Crippen LogP contribution in [0.15, 0.2) is 23.2 Å². The smallest absolute Gasteiger partial charge is 0.269 e. The predicted octanol–water partition coefficient (Wildman–Crippen LogP) is 5.10. The van der Waals surface area contributed by atoms with Crippen LogP contribution in [0.1, 0.15) is 51.5 Å². The van der Waals surface area contributed by atoms with Crippen LogP contribution >= 0.6 is 0 Å². The van der Waals surface area contributed by atoms with E-state index >= 15 is 0 Å². The molecule has 0 radical (unpaired) electrons. The Morgan fingerprint density at radius 1 is 1.19 bits per heavy atom. The molecule has 0 N–H and O–H groups in total. The zero-order chi connectivity index (χ0) is 18.4. The van der Waals surface area contributed by atoms with E-state index < -0.39 is 0 Å². The van der Waals surface area contributed by atoms with Crippen molar-refractivity contribution >= 4 is 17.2 Å². The fraction of sp³-hybridized carbons (Fsp3) is 0.667. The Bertz CT molecular complexity index is 729. The van der Waals surface area contributed by atoms with Gasteiger partial charge in [0.15, 0.2) is 0 Å². The van der Waals surface area contributed by atoms with Crippen molar-refractivity contribution in [2.45, 2.75) is 58.9 Å². The van der Waals surface area contributed by atoms with Gasteiger partial charge in [0, 0.05) is 30.6 Å². The fourth-order valence-corrected chi connectivity index (χ4v) is 5.50. The van der Waals surface area contributed by atoms with Gasteiger partial charge in [-0.25, -0.2) is 4.99 Å². The molecule has 4 fully saturated rings. The number of nitrogens with zero attached hydrogens (tertiary/aromatic N) is 3. The molecule has 1 aromatic rings. The van der Waals surface area contributed by atoms with Gasteiger partial charge >= 0.3 is 0 Å². The van der Waals surface area contributed by atoms with Crippen LogP contribution in [0.3, 0.4) is 0 Å². The first kappa shape index (κ1) is 17.5. The summed E-state index contributed by atoms with van der Waals surface area (Å²) in [6, 6.07) is 5.68. The van der Waals surface area contributed by atoms with E-state index in [1.165, 1.54) is 37.9 Å². The Kier molecular flexibility index (Phi) is 4.49. The Hall–Kier alpha value is -1.91. The molecule has 5 rings (SSSR count). The Morgan fingerprint density at radius 3 is 2.46 bits per heavy atom. The molecular formula is C21H29N3O2. The molecule has 2 saturated heterocycles. The first-order valence-electron chi connectivity index (χ1n) is 10.0. The number of hydrogen-bond donors (Lipinski definition) is 0. The lowest BCUT2D eigenvalue weighted by molar-refractivity contribution is -0.384. The minimum Gasteiger partial charge on any atom is -0.357 e.